The summed E-state index contributed by atoms with van der Waals surface area (Å²) in [5.74, 6) is 1.61. The molecule has 1 aliphatic carbocycles. The second-order valence-electron chi connectivity index (χ2n) is 7.95. The number of hydrogen-bond acceptors (Lipinski definition) is 4. The largest absolute Gasteiger partial charge is 0.379 e. The Labute approximate surface area is 157 Å². The molecular formula is C20H34N4O2. The average Bonchev–Trinajstić information content (AvgIpc) is 3.11. The number of carbonyl (C=O) groups excluding carboxylic acids is 1. The molecular weight excluding hydrogens is 328 g/mol. The van der Waals surface area contributed by atoms with Crippen LogP contribution in [0.25, 0.3) is 0 Å². The number of rotatable bonds is 8. The van der Waals surface area contributed by atoms with E-state index in [-0.39, 0.29) is 5.91 Å². The molecule has 0 bridgehead atoms. The third-order valence-electron chi connectivity index (χ3n) is 6.08. The summed E-state index contributed by atoms with van der Waals surface area (Å²) in [5.41, 5.74) is -1.27. The van der Waals surface area contributed by atoms with Crippen LogP contribution in [0, 0.1) is 5.92 Å². The fraction of sp³-hybridized carbons (Fsp3) is 0.800. The van der Waals surface area contributed by atoms with Crippen molar-refractivity contribution in [2.24, 2.45) is 5.92 Å². The van der Waals surface area contributed by atoms with Gasteiger partial charge in [0.15, 0.2) is 5.60 Å². The van der Waals surface area contributed by atoms with E-state index in [1.165, 1.54) is 32.1 Å². The van der Waals surface area contributed by atoms with Crippen molar-refractivity contribution in [1.29, 1.82) is 0 Å². The molecule has 6 nitrogen and oxygen atoms in total. The van der Waals surface area contributed by atoms with Gasteiger partial charge in [-0.3, -0.25) is 4.79 Å². The van der Waals surface area contributed by atoms with Crippen LogP contribution in [0.2, 0.25) is 0 Å². The summed E-state index contributed by atoms with van der Waals surface area (Å²) in [6.07, 6.45) is 12.9. The quantitative estimate of drug-likeness (QED) is 0.745. The van der Waals surface area contributed by atoms with Gasteiger partial charge in [-0.2, -0.15) is 0 Å². The Morgan fingerprint density at radius 1 is 1.31 bits per heavy atom. The summed E-state index contributed by atoms with van der Waals surface area (Å²) in [7, 11) is 0. The standard InChI is InChI=1S/C20H34N4O2/c1-2-23-14-11-22-18(23)15-21-16-20(26)10-6-12-24(19(20)25)13-9-17-7-4-3-5-8-17/h11,14,17,21,26H,2-10,12-13,15-16H2,1H3/t20-/m1/s1. The number of likely N-dealkylation sites (tertiary alicyclic amines) is 1. The van der Waals surface area contributed by atoms with Crippen molar-refractivity contribution in [3.63, 3.8) is 0 Å². The van der Waals surface area contributed by atoms with Crippen molar-refractivity contribution in [2.45, 2.75) is 77.0 Å². The van der Waals surface area contributed by atoms with Crippen LogP contribution < -0.4 is 5.32 Å². The molecule has 2 aliphatic rings. The van der Waals surface area contributed by atoms with Gasteiger partial charge in [-0.25, -0.2) is 4.98 Å². The normalized spacial score (nSPS) is 25.0. The lowest BCUT2D eigenvalue weighted by Crippen LogP contribution is -2.58. The average molecular weight is 363 g/mol. The second-order valence-corrected chi connectivity index (χ2v) is 7.95. The molecule has 0 radical (unpaired) electrons. The smallest absolute Gasteiger partial charge is 0.255 e. The third kappa shape index (κ3) is 4.65. The molecule has 2 N–H and O–H groups in total. The summed E-state index contributed by atoms with van der Waals surface area (Å²) >= 11 is 0. The molecule has 2 heterocycles. The maximum absolute atomic E-state index is 12.9. The second kappa shape index (κ2) is 9.00. The van der Waals surface area contributed by atoms with Gasteiger partial charge in [0.2, 0.25) is 0 Å². The highest BCUT2D eigenvalue weighted by molar-refractivity contribution is 5.86. The fourth-order valence-corrected chi connectivity index (χ4v) is 4.43. The summed E-state index contributed by atoms with van der Waals surface area (Å²) in [6, 6.07) is 0. The van der Waals surface area contributed by atoms with Crippen LogP contribution in [0.1, 0.15) is 64.1 Å². The molecule has 0 aromatic carbocycles. The van der Waals surface area contributed by atoms with E-state index in [9.17, 15) is 9.90 Å². The topological polar surface area (TPSA) is 70.4 Å². The number of nitrogens with zero attached hydrogens (tertiary/aromatic N) is 3. The molecule has 1 amide bonds. The predicted molar refractivity (Wildman–Crippen MR) is 102 cm³/mol. The molecule has 0 unspecified atom stereocenters. The Morgan fingerprint density at radius 3 is 2.88 bits per heavy atom. The highest BCUT2D eigenvalue weighted by Gasteiger charge is 2.41. The molecule has 2 fully saturated rings. The van der Waals surface area contributed by atoms with Crippen molar-refractivity contribution in [3.05, 3.63) is 18.2 Å². The molecule has 1 saturated heterocycles. The van der Waals surface area contributed by atoms with Gasteiger partial charge >= 0.3 is 0 Å². The van der Waals surface area contributed by atoms with Crippen LogP contribution in [0.3, 0.4) is 0 Å². The van der Waals surface area contributed by atoms with Gasteiger partial charge in [-0.05, 0) is 32.1 Å². The van der Waals surface area contributed by atoms with Gasteiger partial charge in [0.1, 0.15) is 5.82 Å². The first-order valence-corrected chi connectivity index (χ1v) is 10.3. The molecule has 1 atom stereocenters. The Bertz CT molecular complexity index is 582. The number of carbonyl (C=O) groups is 1. The van der Waals surface area contributed by atoms with Gasteiger partial charge in [0.25, 0.3) is 5.91 Å². The zero-order valence-corrected chi connectivity index (χ0v) is 16.1. The first-order valence-electron chi connectivity index (χ1n) is 10.3. The molecule has 1 aromatic heterocycles. The molecule has 146 valence electrons. The molecule has 1 aromatic rings. The number of aryl methyl sites for hydroxylation is 1. The number of aliphatic hydroxyl groups is 1. The maximum atomic E-state index is 12.9. The summed E-state index contributed by atoms with van der Waals surface area (Å²) in [6.45, 7) is 5.39. The minimum absolute atomic E-state index is 0.0918. The minimum atomic E-state index is -1.27. The first kappa shape index (κ1) is 19.4. The zero-order valence-electron chi connectivity index (χ0n) is 16.1. The number of imidazole rings is 1. The van der Waals surface area contributed by atoms with Crippen molar-refractivity contribution in [1.82, 2.24) is 19.8 Å². The molecule has 1 saturated carbocycles. The Kier molecular flexibility index (Phi) is 6.70. The van der Waals surface area contributed by atoms with Crippen molar-refractivity contribution in [3.8, 4) is 0 Å². The van der Waals surface area contributed by atoms with E-state index < -0.39 is 5.60 Å². The fourth-order valence-electron chi connectivity index (χ4n) is 4.43. The van der Waals surface area contributed by atoms with Crippen LogP contribution in [-0.4, -0.2) is 50.7 Å². The Balaban J connectivity index is 1.48. The van der Waals surface area contributed by atoms with E-state index in [4.69, 9.17) is 0 Å². The molecule has 0 spiro atoms. The number of aromatic nitrogens is 2. The summed E-state index contributed by atoms with van der Waals surface area (Å²) in [4.78, 5) is 19.1. The number of hydrogen-bond donors (Lipinski definition) is 2. The lowest BCUT2D eigenvalue weighted by atomic mass is 9.86. The highest BCUT2D eigenvalue weighted by atomic mass is 16.3. The Morgan fingerprint density at radius 2 is 2.12 bits per heavy atom. The minimum Gasteiger partial charge on any atom is -0.379 e. The van der Waals surface area contributed by atoms with E-state index in [1.807, 2.05) is 11.1 Å². The molecule has 1 aliphatic heterocycles. The van der Waals surface area contributed by atoms with Crippen LogP contribution >= 0.6 is 0 Å². The molecule has 3 rings (SSSR count). The zero-order chi connectivity index (χ0) is 18.4. The number of nitrogens with one attached hydrogen (secondary N) is 1. The summed E-state index contributed by atoms with van der Waals surface area (Å²) in [5, 5.41) is 14.2. The maximum Gasteiger partial charge on any atom is 0.255 e. The first-order chi connectivity index (χ1) is 12.6. The van der Waals surface area contributed by atoms with E-state index in [0.29, 0.717) is 19.5 Å². The van der Waals surface area contributed by atoms with Gasteiger partial charge in [-0.1, -0.05) is 32.1 Å². The van der Waals surface area contributed by atoms with E-state index in [2.05, 4.69) is 21.8 Å². The SMILES string of the molecule is CCn1ccnc1CNC[C@]1(O)CCCN(CCC2CCCCC2)C1=O. The molecule has 6 heteroatoms. The van der Waals surface area contributed by atoms with E-state index in [1.54, 1.807) is 6.20 Å². The van der Waals surface area contributed by atoms with Gasteiger partial charge < -0.3 is 19.9 Å². The highest BCUT2D eigenvalue weighted by Crippen LogP contribution is 2.28. The predicted octanol–water partition coefficient (Wildman–Crippen LogP) is 2.32. The van der Waals surface area contributed by atoms with E-state index in [0.717, 1.165) is 44.2 Å². The van der Waals surface area contributed by atoms with Gasteiger partial charge in [-0.15, -0.1) is 0 Å². The third-order valence-corrected chi connectivity index (χ3v) is 6.08. The molecule has 26 heavy (non-hydrogen) atoms. The van der Waals surface area contributed by atoms with Crippen molar-refractivity contribution >= 4 is 5.91 Å². The Hall–Kier alpha value is -1.40. The van der Waals surface area contributed by atoms with Crippen molar-refractivity contribution < 1.29 is 9.90 Å². The monoisotopic (exact) mass is 362 g/mol. The van der Waals surface area contributed by atoms with Crippen molar-refractivity contribution in [2.75, 3.05) is 19.6 Å². The lowest BCUT2D eigenvalue weighted by Gasteiger charge is -2.39. The van der Waals surface area contributed by atoms with E-state index >= 15 is 0 Å². The van der Waals surface area contributed by atoms with Gasteiger partial charge in [0, 0.05) is 38.6 Å². The number of piperidine rings is 1. The lowest BCUT2D eigenvalue weighted by molar-refractivity contribution is -0.156. The van der Waals surface area contributed by atoms with Crippen LogP contribution in [0.5, 0.6) is 0 Å². The summed E-state index contributed by atoms with van der Waals surface area (Å²) < 4.78 is 2.07. The van der Waals surface area contributed by atoms with Crippen LogP contribution in [-0.2, 0) is 17.9 Å². The van der Waals surface area contributed by atoms with Gasteiger partial charge in [0.05, 0.1) is 6.54 Å². The number of amides is 1. The van der Waals surface area contributed by atoms with Crippen LogP contribution in [0.4, 0.5) is 0 Å². The van der Waals surface area contributed by atoms with Crippen LogP contribution in [0.15, 0.2) is 12.4 Å².